The number of ether oxygens (including phenoxy) is 3. The summed E-state index contributed by atoms with van der Waals surface area (Å²) in [6, 6.07) is 7.57. The van der Waals surface area contributed by atoms with Crippen LogP contribution in [-0.4, -0.2) is 52.7 Å². The van der Waals surface area contributed by atoms with Gasteiger partial charge < -0.3 is 24.4 Å². The largest absolute Gasteiger partial charge is 0.412 e. The van der Waals surface area contributed by atoms with Crippen molar-refractivity contribution in [2.45, 2.75) is 32.7 Å². The second-order valence-corrected chi connectivity index (χ2v) is 5.69. The van der Waals surface area contributed by atoms with E-state index in [-0.39, 0.29) is 6.04 Å². The predicted molar refractivity (Wildman–Crippen MR) is 95.9 cm³/mol. The van der Waals surface area contributed by atoms with Crippen molar-refractivity contribution in [3.8, 4) is 5.75 Å². The van der Waals surface area contributed by atoms with Crippen LogP contribution < -0.4 is 15.0 Å². The van der Waals surface area contributed by atoms with Gasteiger partial charge in [-0.05, 0) is 37.6 Å². The molecule has 6 nitrogen and oxygen atoms in total. The lowest BCUT2D eigenvalue weighted by Crippen LogP contribution is -2.34. The van der Waals surface area contributed by atoms with E-state index in [0.717, 1.165) is 31.6 Å². The van der Waals surface area contributed by atoms with Gasteiger partial charge in [0.05, 0.1) is 13.2 Å². The summed E-state index contributed by atoms with van der Waals surface area (Å²) in [4.78, 5) is 14.0. The molecule has 1 aromatic carbocycles. The van der Waals surface area contributed by atoms with Gasteiger partial charge in [-0.15, -0.1) is 0 Å². The van der Waals surface area contributed by atoms with Crippen molar-refractivity contribution < 1.29 is 19.0 Å². The maximum Gasteiger partial charge on any atom is 0.412 e. The summed E-state index contributed by atoms with van der Waals surface area (Å²) in [5.74, 6) is 0.526. The summed E-state index contributed by atoms with van der Waals surface area (Å²) in [6.45, 7) is 6.88. The first-order valence-electron chi connectivity index (χ1n) is 8.42. The van der Waals surface area contributed by atoms with Gasteiger partial charge in [-0.2, -0.15) is 0 Å². The Balaban J connectivity index is 2.60. The van der Waals surface area contributed by atoms with E-state index in [2.05, 4.69) is 17.1 Å². The smallest absolute Gasteiger partial charge is 0.410 e. The van der Waals surface area contributed by atoms with Crippen molar-refractivity contribution >= 4 is 11.8 Å². The summed E-state index contributed by atoms with van der Waals surface area (Å²) in [7, 11) is 3.37. The number of nitrogens with zero attached hydrogens (tertiary/aromatic N) is 1. The molecule has 0 unspecified atom stereocenters. The number of nitrogens with one attached hydrogen (secondary N) is 1. The summed E-state index contributed by atoms with van der Waals surface area (Å²) in [5.41, 5.74) is 1.04. The number of anilines is 1. The number of carbonyl (C=O) groups is 1. The second-order valence-electron chi connectivity index (χ2n) is 5.69. The fourth-order valence-electron chi connectivity index (χ4n) is 2.34. The van der Waals surface area contributed by atoms with E-state index in [1.165, 1.54) is 0 Å². The molecule has 0 spiro atoms. The molecule has 0 bridgehead atoms. The molecular formula is C18H30N2O4. The van der Waals surface area contributed by atoms with E-state index in [1.807, 2.05) is 19.1 Å². The summed E-state index contributed by atoms with van der Waals surface area (Å²) >= 11 is 0. The highest BCUT2D eigenvalue weighted by molar-refractivity contribution is 5.70. The van der Waals surface area contributed by atoms with Crippen molar-refractivity contribution in [1.82, 2.24) is 5.32 Å². The van der Waals surface area contributed by atoms with Crippen LogP contribution in [0.15, 0.2) is 24.3 Å². The normalized spacial score (nSPS) is 11.8. The zero-order chi connectivity index (χ0) is 17.8. The van der Waals surface area contributed by atoms with Crippen LogP contribution in [0.3, 0.4) is 0 Å². The van der Waals surface area contributed by atoms with E-state index < -0.39 is 6.09 Å². The lowest BCUT2D eigenvalue weighted by atomic mass is 10.2. The van der Waals surface area contributed by atoms with Gasteiger partial charge in [-0.3, -0.25) is 0 Å². The zero-order valence-corrected chi connectivity index (χ0v) is 15.2. The maximum atomic E-state index is 11.8. The molecule has 1 rings (SSSR count). The van der Waals surface area contributed by atoms with Crippen LogP contribution in [0.25, 0.3) is 0 Å². The number of hydrogen-bond acceptors (Lipinski definition) is 5. The zero-order valence-electron chi connectivity index (χ0n) is 15.2. The highest BCUT2D eigenvalue weighted by Gasteiger charge is 2.10. The first kappa shape index (κ1) is 20.3. The Morgan fingerprint density at radius 2 is 1.71 bits per heavy atom. The number of amides is 1. The van der Waals surface area contributed by atoms with Gasteiger partial charge in [-0.1, -0.05) is 13.3 Å². The van der Waals surface area contributed by atoms with Crippen molar-refractivity contribution in [3.63, 3.8) is 0 Å². The van der Waals surface area contributed by atoms with Gasteiger partial charge in [0.25, 0.3) is 0 Å². The van der Waals surface area contributed by atoms with E-state index in [0.29, 0.717) is 19.0 Å². The highest BCUT2D eigenvalue weighted by Crippen LogP contribution is 2.19. The molecule has 1 aromatic rings. The molecule has 1 N–H and O–H groups in total. The maximum absolute atomic E-state index is 11.8. The average Bonchev–Trinajstić information content (AvgIpc) is 2.56. The highest BCUT2D eigenvalue weighted by atomic mass is 16.6. The molecule has 136 valence electrons. The van der Waals surface area contributed by atoms with Gasteiger partial charge in [0.2, 0.25) is 0 Å². The number of hydrogen-bond donors (Lipinski definition) is 1. The van der Waals surface area contributed by atoms with Crippen molar-refractivity contribution in [2.24, 2.45) is 0 Å². The third-order valence-corrected chi connectivity index (χ3v) is 3.63. The Morgan fingerprint density at radius 3 is 2.21 bits per heavy atom. The van der Waals surface area contributed by atoms with Crippen molar-refractivity contribution in [2.75, 3.05) is 45.4 Å². The topological polar surface area (TPSA) is 60.0 Å². The molecule has 24 heavy (non-hydrogen) atoms. The fourth-order valence-corrected chi connectivity index (χ4v) is 2.34. The molecule has 0 saturated heterocycles. The van der Waals surface area contributed by atoms with Crippen LogP contribution in [0.2, 0.25) is 0 Å². The van der Waals surface area contributed by atoms with Crippen molar-refractivity contribution in [1.29, 1.82) is 0 Å². The molecule has 0 aliphatic rings. The Morgan fingerprint density at radius 1 is 1.12 bits per heavy atom. The molecule has 1 atom stereocenters. The van der Waals surface area contributed by atoms with Crippen LogP contribution in [0.5, 0.6) is 5.75 Å². The first-order chi connectivity index (χ1) is 11.6. The molecule has 0 aliphatic heterocycles. The molecule has 0 saturated carbocycles. The summed E-state index contributed by atoms with van der Waals surface area (Å²) in [5, 5.41) is 2.82. The molecule has 0 heterocycles. The molecule has 1 amide bonds. The number of rotatable bonds is 11. The Kier molecular flexibility index (Phi) is 9.88. The minimum absolute atomic E-state index is 0.111. The summed E-state index contributed by atoms with van der Waals surface area (Å²) < 4.78 is 15.6. The molecular weight excluding hydrogens is 308 g/mol. The van der Waals surface area contributed by atoms with Crippen LogP contribution in [-0.2, 0) is 9.47 Å². The van der Waals surface area contributed by atoms with Gasteiger partial charge in [0.15, 0.2) is 0 Å². The predicted octanol–water partition coefficient (Wildman–Crippen LogP) is 3.06. The standard InChI is InChI=1S/C18H30N2O4/c1-5-6-15(2)19-18(21)24-17-9-7-16(8-10-17)20(11-13-22-3)12-14-23-4/h7-10,15H,5-6,11-14H2,1-4H3,(H,19,21)/t15-/m1/s1. The summed E-state index contributed by atoms with van der Waals surface area (Å²) in [6.07, 6.45) is 1.54. The second kappa shape index (κ2) is 11.7. The monoisotopic (exact) mass is 338 g/mol. The van der Waals surface area contributed by atoms with Crippen LogP contribution in [0.4, 0.5) is 10.5 Å². The Hall–Kier alpha value is -1.79. The third-order valence-electron chi connectivity index (χ3n) is 3.63. The molecule has 0 aromatic heterocycles. The van der Waals surface area contributed by atoms with Gasteiger partial charge in [0.1, 0.15) is 5.75 Å². The van der Waals surface area contributed by atoms with E-state index in [4.69, 9.17) is 14.2 Å². The molecule has 0 fully saturated rings. The molecule has 6 heteroatoms. The minimum atomic E-state index is -0.417. The van der Waals surface area contributed by atoms with Crippen molar-refractivity contribution in [3.05, 3.63) is 24.3 Å². The van der Waals surface area contributed by atoms with E-state index >= 15 is 0 Å². The van der Waals surface area contributed by atoms with Crippen LogP contribution in [0.1, 0.15) is 26.7 Å². The molecule has 0 aliphatic carbocycles. The third kappa shape index (κ3) is 7.66. The SMILES string of the molecule is CCC[C@@H](C)NC(=O)Oc1ccc(N(CCOC)CCOC)cc1. The first-order valence-corrected chi connectivity index (χ1v) is 8.42. The van der Waals surface area contributed by atoms with Gasteiger partial charge in [0, 0.05) is 39.0 Å². The van der Waals surface area contributed by atoms with Gasteiger partial charge in [-0.25, -0.2) is 4.79 Å². The average molecular weight is 338 g/mol. The quantitative estimate of drug-likeness (QED) is 0.672. The van der Waals surface area contributed by atoms with Crippen LogP contribution in [0, 0.1) is 0 Å². The van der Waals surface area contributed by atoms with Crippen LogP contribution >= 0.6 is 0 Å². The number of methoxy groups -OCH3 is 2. The number of carbonyl (C=O) groups excluding carboxylic acids is 1. The lowest BCUT2D eigenvalue weighted by Gasteiger charge is -2.24. The fraction of sp³-hybridized carbons (Fsp3) is 0.611. The Labute approximate surface area is 145 Å². The molecule has 0 radical (unpaired) electrons. The van der Waals surface area contributed by atoms with E-state index in [1.54, 1.807) is 26.4 Å². The van der Waals surface area contributed by atoms with E-state index in [9.17, 15) is 4.79 Å². The number of benzene rings is 1. The lowest BCUT2D eigenvalue weighted by molar-refractivity contribution is 0.190. The van der Waals surface area contributed by atoms with Gasteiger partial charge >= 0.3 is 6.09 Å². The Bertz CT molecular complexity index is 457. The minimum Gasteiger partial charge on any atom is -0.410 e.